The Balaban J connectivity index is 1.43. The van der Waals surface area contributed by atoms with Gasteiger partial charge in [-0.15, -0.1) is 0 Å². The van der Waals surface area contributed by atoms with Gasteiger partial charge in [-0.25, -0.2) is 4.79 Å². The Kier molecular flexibility index (Phi) is 9.93. The smallest absolute Gasteiger partial charge is 0.407 e. The van der Waals surface area contributed by atoms with Crippen molar-refractivity contribution in [1.29, 1.82) is 0 Å². The van der Waals surface area contributed by atoms with Crippen molar-refractivity contribution in [2.75, 3.05) is 46.2 Å². The molecule has 0 spiro atoms. The van der Waals surface area contributed by atoms with E-state index in [-0.39, 0.29) is 31.3 Å². The number of fused-ring (bicyclic) bond motifs is 3. The Bertz CT molecular complexity index is 971. The van der Waals surface area contributed by atoms with Crippen LogP contribution in [0.4, 0.5) is 4.79 Å². The molecular weight excluding hydrogens is 448 g/mol. The van der Waals surface area contributed by atoms with Gasteiger partial charge in [0.1, 0.15) is 6.61 Å². The maximum Gasteiger partial charge on any atom is 0.407 e. The fourth-order valence-corrected chi connectivity index (χ4v) is 3.93. The molecular formula is C26H34N4O5. The molecule has 2 aromatic carbocycles. The fraction of sp³-hybridized carbons (Fsp3) is 0.500. The highest BCUT2D eigenvalue weighted by atomic mass is 16.6. The highest BCUT2D eigenvalue weighted by Gasteiger charge is 2.29. The van der Waals surface area contributed by atoms with Crippen LogP contribution in [0.3, 0.4) is 0 Å². The highest BCUT2D eigenvalue weighted by Crippen LogP contribution is 2.44. The summed E-state index contributed by atoms with van der Waals surface area (Å²) in [7, 11) is 0. The normalized spacial score (nSPS) is 13.5. The molecule has 0 heterocycles. The molecule has 0 radical (unpaired) electrons. The number of carbonyl (C=O) groups excluding carboxylic acids is 1. The average molecular weight is 483 g/mol. The van der Waals surface area contributed by atoms with Gasteiger partial charge in [-0.05, 0) is 48.6 Å². The van der Waals surface area contributed by atoms with Crippen molar-refractivity contribution in [1.82, 2.24) is 5.32 Å². The number of alkyl carbamates (subject to hydrolysis) is 1. The van der Waals surface area contributed by atoms with Crippen LogP contribution < -0.4 is 5.32 Å². The first-order valence-electron chi connectivity index (χ1n) is 11.8. The van der Waals surface area contributed by atoms with Gasteiger partial charge in [0.2, 0.25) is 0 Å². The predicted molar refractivity (Wildman–Crippen MR) is 133 cm³/mol. The van der Waals surface area contributed by atoms with Crippen molar-refractivity contribution < 1.29 is 23.7 Å². The third kappa shape index (κ3) is 8.26. The molecule has 0 bridgehead atoms. The van der Waals surface area contributed by atoms with E-state index in [0.717, 1.165) is 11.1 Å². The van der Waals surface area contributed by atoms with Gasteiger partial charge in [0.15, 0.2) is 0 Å². The Morgan fingerprint density at radius 1 is 1.00 bits per heavy atom. The average Bonchev–Trinajstić information content (AvgIpc) is 3.15. The van der Waals surface area contributed by atoms with Crippen molar-refractivity contribution in [3.05, 3.63) is 70.1 Å². The number of azide groups is 1. The second-order valence-electron chi connectivity index (χ2n) is 9.23. The SMILES string of the molecule is CC(C)(C)OCCOCCOC[C@H](CN=[N+]=[N-])NC(=O)OCC1c2ccccc2-c2ccccc21. The lowest BCUT2D eigenvalue weighted by Gasteiger charge is -2.20. The molecule has 1 aliphatic rings. The molecule has 0 saturated carbocycles. The van der Waals surface area contributed by atoms with Crippen LogP contribution >= 0.6 is 0 Å². The van der Waals surface area contributed by atoms with E-state index in [9.17, 15) is 4.79 Å². The molecule has 2 aromatic rings. The minimum Gasteiger partial charge on any atom is -0.449 e. The lowest BCUT2D eigenvalue weighted by atomic mass is 9.98. The van der Waals surface area contributed by atoms with E-state index >= 15 is 0 Å². The van der Waals surface area contributed by atoms with E-state index in [1.165, 1.54) is 11.1 Å². The zero-order valence-electron chi connectivity index (χ0n) is 20.6. The van der Waals surface area contributed by atoms with Crippen molar-refractivity contribution in [3.8, 4) is 11.1 Å². The summed E-state index contributed by atoms with van der Waals surface area (Å²) >= 11 is 0. The molecule has 1 aliphatic carbocycles. The van der Waals surface area contributed by atoms with E-state index in [1.54, 1.807) is 0 Å². The van der Waals surface area contributed by atoms with E-state index in [2.05, 4.69) is 39.6 Å². The maximum atomic E-state index is 12.5. The number of nitrogens with one attached hydrogen (secondary N) is 1. The maximum absolute atomic E-state index is 12.5. The number of carbonyl (C=O) groups is 1. The van der Waals surface area contributed by atoms with Gasteiger partial charge in [0.05, 0.1) is 44.7 Å². The van der Waals surface area contributed by atoms with Crippen LogP contribution in [-0.2, 0) is 18.9 Å². The lowest BCUT2D eigenvalue weighted by molar-refractivity contribution is -0.0431. The van der Waals surface area contributed by atoms with E-state index < -0.39 is 12.1 Å². The van der Waals surface area contributed by atoms with Crippen LogP contribution in [0.2, 0.25) is 0 Å². The van der Waals surface area contributed by atoms with Gasteiger partial charge in [0, 0.05) is 17.4 Å². The second kappa shape index (κ2) is 13.1. The minimum atomic E-state index is -0.579. The molecule has 9 nitrogen and oxygen atoms in total. The summed E-state index contributed by atoms with van der Waals surface area (Å²) in [5, 5.41) is 6.31. The molecule has 1 N–H and O–H groups in total. The Morgan fingerprint density at radius 3 is 2.23 bits per heavy atom. The summed E-state index contributed by atoms with van der Waals surface area (Å²) in [4.78, 5) is 15.3. The molecule has 1 amide bonds. The minimum absolute atomic E-state index is 0.0283. The predicted octanol–water partition coefficient (Wildman–Crippen LogP) is 5.05. The van der Waals surface area contributed by atoms with Crippen molar-refractivity contribution >= 4 is 6.09 Å². The molecule has 0 saturated heterocycles. The van der Waals surface area contributed by atoms with E-state index in [0.29, 0.717) is 26.4 Å². The molecule has 3 rings (SSSR count). The first-order chi connectivity index (χ1) is 16.9. The molecule has 35 heavy (non-hydrogen) atoms. The summed E-state index contributed by atoms with van der Waals surface area (Å²) in [6, 6.07) is 15.8. The molecule has 0 fully saturated rings. The van der Waals surface area contributed by atoms with Crippen LogP contribution in [0.1, 0.15) is 37.8 Å². The van der Waals surface area contributed by atoms with E-state index in [4.69, 9.17) is 24.5 Å². The van der Waals surface area contributed by atoms with Crippen LogP contribution in [0, 0.1) is 0 Å². The monoisotopic (exact) mass is 482 g/mol. The van der Waals surface area contributed by atoms with Gasteiger partial charge in [-0.3, -0.25) is 0 Å². The number of ether oxygens (including phenoxy) is 4. The summed E-state index contributed by atoms with van der Waals surface area (Å²) in [6.45, 7) is 8.12. The first kappa shape index (κ1) is 26.5. The number of nitrogens with zero attached hydrogens (tertiary/aromatic N) is 3. The molecule has 1 atom stereocenters. The van der Waals surface area contributed by atoms with Crippen molar-refractivity contribution in [2.45, 2.75) is 38.3 Å². The molecule has 188 valence electrons. The Morgan fingerprint density at radius 2 is 1.60 bits per heavy atom. The van der Waals surface area contributed by atoms with Gasteiger partial charge in [-0.1, -0.05) is 53.6 Å². The quantitative estimate of drug-likeness (QED) is 0.186. The standard InChI is InChI=1S/C26H34N4O5/c1-26(2,3)35-15-14-32-12-13-33-17-19(16-28-30-27)29-25(31)34-18-24-22-10-6-4-8-20(22)21-9-5-7-11-23(21)24/h4-11,19,24H,12-18H2,1-3H3,(H,29,31)/t19-/m0/s1. The van der Waals surface area contributed by atoms with Crippen LogP contribution in [0.5, 0.6) is 0 Å². The second-order valence-corrected chi connectivity index (χ2v) is 9.23. The van der Waals surface area contributed by atoms with Crippen LogP contribution in [-0.4, -0.2) is 63.9 Å². The van der Waals surface area contributed by atoms with Crippen LogP contribution in [0.15, 0.2) is 53.6 Å². The van der Waals surface area contributed by atoms with Crippen LogP contribution in [0.25, 0.3) is 21.6 Å². The molecule has 9 heteroatoms. The molecule has 0 unspecified atom stereocenters. The van der Waals surface area contributed by atoms with Gasteiger partial charge in [0.25, 0.3) is 0 Å². The Hall–Kier alpha value is -3.10. The van der Waals surface area contributed by atoms with Gasteiger partial charge in [-0.2, -0.15) is 0 Å². The van der Waals surface area contributed by atoms with Gasteiger partial charge < -0.3 is 24.3 Å². The van der Waals surface area contributed by atoms with Crippen molar-refractivity contribution in [3.63, 3.8) is 0 Å². The lowest BCUT2D eigenvalue weighted by Crippen LogP contribution is -2.41. The molecule has 0 aliphatic heterocycles. The largest absolute Gasteiger partial charge is 0.449 e. The fourth-order valence-electron chi connectivity index (χ4n) is 3.93. The molecule has 0 aromatic heterocycles. The summed E-state index contributed by atoms with van der Waals surface area (Å²) in [5.74, 6) is -0.0283. The van der Waals surface area contributed by atoms with Gasteiger partial charge >= 0.3 is 6.09 Å². The number of amides is 1. The summed E-state index contributed by atoms with van der Waals surface area (Å²) in [5.41, 5.74) is 13.1. The number of benzene rings is 2. The highest BCUT2D eigenvalue weighted by molar-refractivity contribution is 5.79. The van der Waals surface area contributed by atoms with Crippen molar-refractivity contribution in [2.24, 2.45) is 5.11 Å². The zero-order chi connectivity index (χ0) is 25.1. The number of hydrogen-bond acceptors (Lipinski definition) is 6. The number of hydrogen-bond donors (Lipinski definition) is 1. The topological polar surface area (TPSA) is 115 Å². The third-order valence-corrected chi connectivity index (χ3v) is 5.48. The third-order valence-electron chi connectivity index (χ3n) is 5.48. The number of rotatable bonds is 13. The van der Waals surface area contributed by atoms with E-state index in [1.807, 2.05) is 45.0 Å². The summed E-state index contributed by atoms with van der Waals surface area (Å²) < 4.78 is 22.2. The summed E-state index contributed by atoms with van der Waals surface area (Å²) in [6.07, 6.45) is -0.579. The zero-order valence-corrected chi connectivity index (χ0v) is 20.6. The first-order valence-corrected chi connectivity index (χ1v) is 11.8. The Labute approximate surface area is 206 Å².